The first-order valence-corrected chi connectivity index (χ1v) is 11.5. The van der Waals surface area contributed by atoms with Crippen LogP contribution in [0.5, 0.6) is 0 Å². The van der Waals surface area contributed by atoms with Gasteiger partial charge in [-0.05, 0) is 84.1 Å². The molecule has 0 spiro atoms. The Hall–Kier alpha value is -2.84. The van der Waals surface area contributed by atoms with Gasteiger partial charge in [-0.15, -0.1) is 0 Å². The van der Waals surface area contributed by atoms with Crippen molar-refractivity contribution in [2.75, 3.05) is 7.05 Å². The minimum Gasteiger partial charge on any atom is -0.351 e. The van der Waals surface area contributed by atoms with Gasteiger partial charge in [0.25, 0.3) is 0 Å². The molecule has 1 amide bonds. The summed E-state index contributed by atoms with van der Waals surface area (Å²) in [6.07, 6.45) is -4.38. The normalized spacial score (nSPS) is 12.7. The lowest BCUT2D eigenvalue weighted by Crippen LogP contribution is -2.45. The van der Waals surface area contributed by atoms with Crippen molar-refractivity contribution in [1.29, 1.82) is 0 Å². The summed E-state index contributed by atoms with van der Waals surface area (Å²) in [5.41, 5.74) is 1.57. The van der Waals surface area contributed by atoms with E-state index in [1.165, 1.54) is 36.2 Å². The van der Waals surface area contributed by atoms with E-state index in [2.05, 4.69) is 5.32 Å². The van der Waals surface area contributed by atoms with Crippen molar-refractivity contribution in [3.8, 4) is 11.1 Å². The van der Waals surface area contributed by atoms with Crippen LogP contribution in [-0.2, 0) is 17.5 Å². The minimum absolute atomic E-state index is 0.0245. The van der Waals surface area contributed by atoms with Crippen LogP contribution in [0.2, 0.25) is 0 Å². The Bertz CT molecular complexity index is 1100. The van der Waals surface area contributed by atoms with Crippen molar-refractivity contribution >= 4 is 17.9 Å². The van der Waals surface area contributed by atoms with E-state index in [0.717, 1.165) is 28.2 Å². The highest BCUT2D eigenvalue weighted by Crippen LogP contribution is 2.31. The fraction of sp³-hybridized carbons (Fsp3) is 0.269. The lowest BCUT2D eigenvalue weighted by molar-refractivity contribution is -0.137. The van der Waals surface area contributed by atoms with Gasteiger partial charge in [-0.25, -0.2) is 8.70 Å². The first-order chi connectivity index (χ1) is 16.0. The minimum atomic E-state index is -4.38. The Kier molecular flexibility index (Phi) is 8.38. The zero-order chi connectivity index (χ0) is 24.9. The van der Waals surface area contributed by atoms with Crippen LogP contribution in [-0.4, -0.2) is 23.3 Å². The van der Waals surface area contributed by atoms with Crippen molar-refractivity contribution in [3.05, 3.63) is 89.7 Å². The van der Waals surface area contributed by atoms with E-state index in [9.17, 15) is 22.4 Å². The number of rotatable bonds is 8. The number of carbonyl (C=O) groups is 1. The van der Waals surface area contributed by atoms with Gasteiger partial charge < -0.3 is 5.32 Å². The maximum atomic E-state index is 13.2. The maximum Gasteiger partial charge on any atom is 0.416 e. The molecule has 0 radical (unpaired) electrons. The molecule has 0 heterocycles. The van der Waals surface area contributed by atoms with Gasteiger partial charge in [0.05, 0.1) is 5.56 Å². The van der Waals surface area contributed by atoms with Crippen molar-refractivity contribution in [2.24, 2.45) is 5.92 Å². The van der Waals surface area contributed by atoms with Gasteiger partial charge in [0.15, 0.2) is 0 Å². The van der Waals surface area contributed by atoms with Crippen molar-refractivity contribution in [2.45, 2.75) is 37.5 Å². The predicted molar refractivity (Wildman–Crippen MR) is 127 cm³/mol. The Morgan fingerprint density at radius 3 is 2.21 bits per heavy atom. The van der Waals surface area contributed by atoms with Gasteiger partial charge in [-0.3, -0.25) is 4.79 Å². The monoisotopic (exact) mass is 490 g/mol. The van der Waals surface area contributed by atoms with E-state index in [4.69, 9.17) is 0 Å². The van der Waals surface area contributed by atoms with Crippen LogP contribution < -0.4 is 5.32 Å². The molecule has 1 unspecified atom stereocenters. The number of nitrogens with zero attached hydrogens (tertiary/aromatic N) is 1. The van der Waals surface area contributed by atoms with E-state index >= 15 is 0 Å². The Morgan fingerprint density at radius 1 is 0.971 bits per heavy atom. The molecule has 3 nitrogen and oxygen atoms in total. The SMILES string of the molecule is CC(C)C(C(=O)NCc1cccc(-c2ccc(C(F)(F)F)cc2)c1)N(C)Sc1ccc(F)cc1. The average Bonchev–Trinajstić information content (AvgIpc) is 2.79. The third kappa shape index (κ3) is 6.84. The summed E-state index contributed by atoms with van der Waals surface area (Å²) >= 11 is 1.37. The summed E-state index contributed by atoms with van der Waals surface area (Å²) in [5, 5.41) is 2.96. The standard InChI is InChI=1S/C26H26F4N2OS/c1-17(2)24(32(3)34-23-13-11-22(27)12-14-23)25(33)31-16-18-5-4-6-20(15-18)19-7-9-21(10-8-19)26(28,29)30/h4-15,17,24H,16H2,1-3H3,(H,31,33). The number of carbonyl (C=O) groups excluding carboxylic acids is 1. The van der Waals surface area contributed by atoms with E-state index in [1.807, 2.05) is 49.5 Å². The molecule has 0 aliphatic carbocycles. The maximum absolute atomic E-state index is 13.2. The lowest BCUT2D eigenvalue weighted by atomic mass is 10.0. The van der Waals surface area contributed by atoms with Crippen molar-refractivity contribution in [3.63, 3.8) is 0 Å². The molecular formula is C26H26F4N2OS. The number of likely N-dealkylation sites (N-methyl/N-ethyl adjacent to an activating group) is 1. The lowest BCUT2D eigenvalue weighted by Gasteiger charge is -2.29. The third-order valence-corrected chi connectivity index (χ3v) is 6.29. The highest BCUT2D eigenvalue weighted by atomic mass is 32.2. The van der Waals surface area contributed by atoms with E-state index in [1.54, 1.807) is 12.1 Å². The van der Waals surface area contributed by atoms with Gasteiger partial charge in [0.2, 0.25) is 5.91 Å². The molecule has 1 N–H and O–H groups in total. The van der Waals surface area contributed by atoms with Crippen LogP contribution in [0.15, 0.2) is 77.7 Å². The number of amides is 1. The molecular weight excluding hydrogens is 464 g/mol. The second-order valence-electron chi connectivity index (χ2n) is 8.27. The Balaban J connectivity index is 1.66. The number of hydrogen-bond donors (Lipinski definition) is 1. The van der Waals surface area contributed by atoms with Crippen LogP contribution >= 0.6 is 11.9 Å². The van der Waals surface area contributed by atoms with Crippen molar-refractivity contribution < 1.29 is 22.4 Å². The second kappa shape index (κ2) is 11.1. The summed E-state index contributed by atoms with van der Waals surface area (Å²) in [6, 6.07) is 18.0. The van der Waals surface area contributed by atoms with Crippen LogP contribution in [0.1, 0.15) is 25.0 Å². The number of benzene rings is 3. The van der Waals surface area contributed by atoms with Crippen LogP contribution in [0.4, 0.5) is 17.6 Å². The first-order valence-electron chi connectivity index (χ1n) is 10.8. The van der Waals surface area contributed by atoms with Crippen molar-refractivity contribution in [1.82, 2.24) is 9.62 Å². The third-order valence-electron chi connectivity index (χ3n) is 5.29. The molecule has 0 aliphatic heterocycles. The Labute approximate surface area is 201 Å². The summed E-state index contributed by atoms with van der Waals surface area (Å²) in [6.45, 7) is 4.19. The highest BCUT2D eigenvalue weighted by molar-refractivity contribution is 7.97. The number of alkyl halides is 3. The smallest absolute Gasteiger partial charge is 0.351 e. The molecule has 3 rings (SSSR count). The Morgan fingerprint density at radius 2 is 1.62 bits per heavy atom. The summed E-state index contributed by atoms with van der Waals surface area (Å²) < 4.78 is 53.5. The quantitative estimate of drug-likeness (QED) is 0.279. The fourth-order valence-corrected chi connectivity index (χ4v) is 4.66. The van der Waals surface area contributed by atoms with Crippen LogP contribution in [0.3, 0.4) is 0 Å². The summed E-state index contributed by atoms with van der Waals surface area (Å²) in [5.74, 6) is -0.438. The molecule has 3 aromatic rings. The zero-order valence-electron chi connectivity index (χ0n) is 19.1. The van der Waals surface area contributed by atoms with E-state index in [-0.39, 0.29) is 24.2 Å². The van der Waals surface area contributed by atoms with Gasteiger partial charge in [-0.1, -0.05) is 44.2 Å². The van der Waals surface area contributed by atoms with Crippen LogP contribution in [0.25, 0.3) is 11.1 Å². The fourth-order valence-electron chi connectivity index (χ4n) is 3.61. The molecule has 3 aromatic carbocycles. The summed E-state index contributed by atoms with van der Waals surface area (Å²) in [4.78, 5) is 13.8. The van der Waals surface area contributed by atoms with Gasteiger partial charge in [0, 0.05) is 11.4 Å². The van der Waals surface area contributed by atoms with Crippen LogP contribution in [0, 0.1) is 11.7 Å². The molecule has 34 heavy (non-hydrogen) atoms. The van der Waals surface area contributed by atoms with Gasteiger partial charge in [0.1, 0.15) is 11.9 Å². The molecule has 0 bridgehead atoms. The molecule has 0 aliphatic rings. The number of hydrogen-bond acceptors (Lipinski definition) is 3. The average molecular weight is 491 g/mol. The van der Waals surface area contributed by atoms with E-state index in [0.29, 0.717) is 5.56 Å². The predicted octanol–water partition coefficient (Wildman–Crippen LogP) is 6.79. The number of nitrogens with one attached hydrogen (secondary N) is 1. The second-order valence-corrected chi connectivity index (χ2v) is 9.50. The molecule has 0 aromatic heterocycles. The molecule has 0 saturated carbocycles. The molecule has 1 atom stereocenters. The van der Waals surface area contributed by atoms with E-state index < -0.39 is 17.8 Å². The number of halogens is 4. The summed E-state index contributed by atoms with van der Waals surface area (Å²) in [7, 11) is 1.82. The first kappa shape index (κ1) is 25.8. The highest BCUT2D eigenvalue weighted by Gasteiger charge is 2.30. The molecule has 0 fully saturated rings. The zero-order valence-corrected chi connectivity index (χ0v) is 19.9. The molecule has 180 valence electrons. The largest absolute Gasteiger partial charge is 0.416 e. The molecule has 0 saturated heterocycles. The molecule has 8 heteroatoms. The van der Waals surface area contributed by atoms with Gasteiger partial charge in [-0.2, -0.15) is 13.2 Å². The van der Waals surface area contributed by atoms with Gasteiger partial charge >= 0.3 is 6.18 Å². The topological polar surface area (TPSA) is 32.3 Å².